The molecule has 0 radical (unpaired) electrons. The van der Waals surface area contributed by atoms with Gasteiger partial charge in [0.15, 0.2) is 17.1 Å². The van der Waals surface area contributed by atoms with Gasteiger partial charge in [0, 0.05) is 16.8 Å². The van der Waals surface area contributed by atoms with Crippen LogP contribution in [0.5, 0.6) is 11.5 Å². The Labute approximate surface area is 210 Å². The monoisotopic (exact) mass is 504 g/mol. The van der Waals surface area contributed by atoms with Crippen LogP contribution in [0.3, 0.4) is 0 Å². The quantitative estimate of drug-likeness (QED) is 0.277. The van der Waals surface area contributed by atoms with Gasteiger partial charge in [0.1, 0.15) is 5.82 Å². The molecule has 0 spiro atoms. The standard InChI is InChI=1S/C25H18Cl2N6O2/c1-14-4-2-3-5-20(14)33-24-17(12-28-33)23(30-19-8-6-15(26)10-18(19)27)31-25(32-24)29-16-7-9-21-22(11-16)35-13-34-21/h2-12H,13H2,1H3,(H2,29,30,31,32). The van der Waals surface area contributed by atoms with Crippen molar-refractivity contribution in [3.8, 4) is 17.2 Å². The highest BCUT2D eigenvalue weighted by Gasteiger charge is 2.18. The van der Waals surface area contributed by atoms with Crippen LogP contribution in [0.1, 0.15) is 5.56 Å². The zero-order valence-electron chi connectivity index (χ0n) is 18.4. The van der Waals surface area contributed by atoms with Crippen molar-refractivity contribution in [1.82, 2.24) is 19.7 Å². The summed E-state index contributed by atoms with van der Waals surface area (Å²) in [7, 11) is 0. The highest BCUT2D eigenvalue weighted by Crippen LogP contribution is 2.36. The lowest BCUT2D eigenvalue weighted by atomic mass is 10.2. The Hall–Kier alpha value is -4.01. The molecule has 174 valence electrons. The van der Waals surface area contributed by atoms with E-state index < -0.39 is 0 Å². The summed E-state index contributed by atoms with van der Waals surface area (Å²) in [5.74, 6) is 2.28. The van der Waals surface area contributed by atoms with Crippen LogP contribution in [0.15, 0.2) is 66.9 Å². The predicted molar refractivity (Wildman–Crippen MR) is 137 cm³/mol. The normalized spacial score (nSPS) is 12.2. The number of para-hydroxylation sites is 1. The Bertz CT molecular complexity index is 1590. The van der Waals surface area contributed by atoms with Crippen molar-refractivity contribution in [3.63, 3.8) is 0 Å². The summed E-state index contributed by atoms with van der Waals surface area (Å²) in [6.07, 6.45) is 1.73. The summed E-state index contributed by atoms with van der Waals surface area (Å²) < 4.78 is 12.7. The van der Waals surface area contributed by atoms with Crippen LogP contribution in [0, 0.1) is 6.92 Å². The number of ether oxygens (including phenoxy) is 2. The fourth-order valence-electron chi connectivity index (χ4n) is 3.86. The summed E-state index contributed by atoms with van der Waals surface area (Å²) >= 11 is 12.5. The zero-order chi connectivity index (χ0) is 23.9. The van der Waals surface area contributed by atoms with E-state index >= 15 is 0 Å². The highest BCUT2D eigenvalue weighted by molar-refractivity contribution is 6.36. The van der Waals surface area contributed by atoms with E-state index in [1.165, 1.54) is 0 Å². The van der Waals surface area contributed by atoms with Crippen molar-refractivity contribution in [2.75, 3.05) is 17.4 Å². The van der Waals surface area contributed by atoms with E-state index in [-0.39, 0.29) is 6.79 Å². The molecule has 0 saturated heterocycles. The smallest absolute Gasteiger partial charge is 0.231 e. The largest absolute Gasteiger partial charge is 0.454 e. The summed E-state index contributed by atoms with van der Waals surface area (Å²) in [6.45, 7) is 2.23. The Morgan fingerprint density at radius 1 is 0.914 bits per heavy atom. The van der Waals surface area contributed by atoms with Gasteiger partial charge in [-0.25, -0.2) is 4.68 Å². The molecule has 1 aliphatic heterocycles. The van der Waals surface area contributed by atoms with E-state index in [9.17, 15) is 0 Å². The number of nitrogens with zero attached hydrogens (tertiary/aromatic N) is 4. The molecule has 0 fully saturated rings. The minimum Gasteiger partial charge on any atom is -0.454 e. The molecule has 0 unspecified atom stereocenters. The van der Waals surface area contributed by atoms with E-state index in [1.54, 1.807) is 29.1 Å². The predicted octanol–water partition coefficient (Wildman–Crippen LogP) is 6.65. The first kappa shape index (κ1) is 21.5. The second kappa shape index (κ2) is 8.65. The maximum Gasteiger partial charge on any atom is 0.231 e. The average molecular weight is 505 g/mol. The first-order valence-corrected chi connectivity index (χ1v) is 11.5. The van der Waals surface area contributed by atoms with Gasteiger partial charge in [0.05, 0.1) is 28.0 Å². The molecule has 0 amide bonds. The number of hydrogen-bond donors (Lipinski definition) is 2. The minimum absolute atomic E-state index is 0.201. The molecule has 8 nitrogen and oxygen atoms in total. The van der Waals surface area contributed by atoms with Gasteiger partial charge in [0.2, 0.25) is 12.7 Å². The Kier molecular flexibility index (Phi) is 5.32. The highest BCUT2D eigenvalue weighted by atomic mass is 35.5. The summed E-state index contributed by atoms with van der Waals surface area (Å²) in [5.41, 5.74) is 4.03. The van der Waals surface area contributed by atoms with Gasteiger partial charge in [-0.15, -0.1) is 0 Å². The molecular formula is C25H18Cl2N6O2. The van der Waals surface area contributed by atoms with Crippen molar-refractivity contribution in [1.29, 1.82) is 0 Å². The van der Waals surface area contributed by atoms with Crippen LogP contribution < -0.4 is 20.1 Å². The zero-order valence-corrected chi connectivity index (χ0v) is 19.9. The van der Waals surface area contributed by atoms with Crippen LogP contribution in [0.4, 0.5) is 23.1 Å². The van der Waals surface area contributed by atoms with Crippen LogP contribution in [-0.2, 0) is 0 Å². The van der Waals surface area contributed by atoms with Crippen molar-refractivity contribution in [3.05, 3.63) is 82.5 Å². The molecule has 1 aliphatic rings. The SMILES string of the molecule is Cc1ccccc1-n1ncc2c(Nc3ccc(Cl)cc3Cl)nc(Nc3ccc4c(c3)OCO4)nc21. The summed E-state index contributed by atoms with van der Waals surface area (Å²) in [4.78, 5) is 9.52. The average Bonchev–Trinajstić information content (AvgIpc) is 3.48. The van der Waals surface area contributed by atoms with Gasteiger partial charge in [-0.3, -0.25) is 0 Å². The Balaban J connectivity index is 1.47. The first-order chi connectivity index (χ1) is 17.0. The number of aromatic nitrogens is 4. The third kappa shape index (κ3) is 4.07. The molecule has 35 heavy (non-hydrogen) atoms. The number of benzene rings is 3. The van der Waals surface area contributed by atoms with Gasteiger partial charge in [-0.05, 0) is 48.9 Å². The van der Waals surface area contributed by atoms with Crippen molar-refractivity contribution in [2.45, 2.75) is 6.92 Å². The maximum atomic E-state index is 6.42. The maximum absolute atomic E-state index is 6.42. The van der Waals surface area contributed by atoms with Crippen LogP contribution >= 0.6 is 23.2 Å². The number of nitrogens with one attached hydrogen (secondary N) is 2. The Morgan fingerprint density at radius 3 is 2.63 bits per heavy atom. The van der Waals surface area contributed by atoms with E-state index in [0.29, 0.717) is 44.6 Å². The third-order valence-electron chi connectivity index (χ3n) is 5.59. The van der Waals surface area contributed by atoms with Crippen molar-refractivity contribution in [2.24, 2.45) is 0 Å². The molecule has 0 bridgehead atoms. The molecule has 2 aromatic heterocycles. The number of aryl methyl sites for hydroxylation is 1. The molecular weight excluding hydrogens is 487 g/mol. The molecule has 10 heteroatoms. The van der Waals surface area contributed by atoms with Gasteiger partial charge >= 0.3 is 0 Å². The lowest BCUT2D eigenvalue weighted by Gasteiger charge is -2.13. The first-order valence-electron chi connectivity index (χ1n) is 10.8. The fraction of sp³-hybridized carbons (Fsp3) is 0.0800. The number of fused-ring (bicyclic) bond motifs is 2. The molecule has 0 aliphatic carbocycles. The number of rotatable bonds is 5. The fourth-order valence-corrected chi connectivity index (χ4v) is 4.31. The lowest BCUT2D eigenvalue weighted by molar-refractivity contribution is 0.174. The topological polar surface area (TPSA) is 86.1 Å². The molecule has 0 saturated carbocycles. The van der Waals surface area contributed by atoms with Gasteiger partial charge in [0.25, 0.3) is 0 Å². The van der Waals surface area contributed by atoms with Crippen molar-refractivity contribution >= 4 is 57.4 Å². The second-order valence-corrected chi connectivity index (χ2v) is 8.76. The molecule has 3 heterocycles. The molecule has 2 N–H and O–H groups in total. The second-order valence-electron chi connectivity index (χ2n) is 7.92. The van der Waals surface area contributed by atoms with Gasteiger partial charge in [-0.2, -0.15) is 15.1 Å². The third-order valence-corrected chi connectivity index (χ3v) is 6.13. The Morgan fingerprint density at radius 2 is 1.77 bits per heavy atom. The van der Waals surface area contributed by atoms with E-state index in [1.807, 2.05) is 49.4 Å². The van der Waals surface area contributed by atoms with Crippen molar-refractivity contribution < 1.29 is 9.47 Å². The molecule has 0 atom stereocenters. The number of anilines is 4. The van der Waals surface area contributed by atoms with Gasteiger partial charge < -0.3 is 20.1 Å². The van der Waals surface area contributed by atoms with Crippen LogP contribution in [0.2, 0.25) is 10.0 Å². The molecule has 6 rings (SSSR count). The van der Waals surface area contributed by atoms with Crippen LogP contribution in [0.25, 0.3) is 16.7 Å². The van der Waals surface area contributed by atoms with E-state index in [0.717, 1.165) is 22.3 Å². The summed E-state index contributed by atoms with van der Waals surface area (Å²) in [5, 5.41) is 12.9. The van der Waals surface area contributed by atoms with Gasteiger partial charge in [-0.1, -0.05) is 41.4 Å². The molecule has 3 aromatic carbocycles. The molecule has 5 aromatic rings. The van der Waals surface area contributed by atoms with Crippen LogP contribution in [-0.4, -0.2) is 26.5 Å². The summed E-state index contributed by atoms with van der Waals surface area (Å²) in [6, 6.07) is 18.8. The number of hydrogen-bond acceptors (Lipinski definition) is 7. The minimum atomic E-state index is 0.201. The lowest BCUT2D eigenvalue weighted by Crippen LogP contribution is -2.05. The van der Waals surface area contributed by atoms with E-state index in [4.69, 9.17) is 42.6 Å². The van der Waals surface area contributed by atoms with E-state index in [2.05, 4.69) is 15.7 Å². The number of halogens is 2.